The molecule has 1 aliphatic heterocycles. The standard InChI is InChI=1S/C13H21NO4/c15-12(11-7-4-8-18-11)14-10-6-3-1-2-5-9(10)13(16)17/h9-11H,1-8H2,(H,14,15)(H,16,17)/t9-,10-,11+/m1/s1. The van der Waals surface area contributed by atoms with Crippen molar-refractivity contribution in [3.8, 4) is 0 Å². The smallest absolute Gasteiger partial charge is 0.308 e. The van der Waals surface area contributed by atoms with Gasteiger partial charge >= 0.3 is 5.97 Å². The second kappa shape index (κ2) is 6.18. The number of ether oxygens (including phenoxy) is 1. The van der Waals surface area contributed by atoms with Crippen molar-refractivity contribution < 1.29 is 19.4 Å². The molecule has 0 unspecified atom stereocenters. The summed E-state index contributed by atoms with van der Waals surface area (Å²) in [6.07, 6.45) is 5.67. The van der Waals surface area contributed by atoms with Crippen LogP contribution in [0.2, 0.25) is 0 Å². The summed E-state index contributed by atoms with van der Waals surface area (Å²) >= 11 is 0. The molecule has 1 saturated heterocycles. The van der Waals surface area contributed by atoms with E-state index in [4.69, 9.17) is 4.74 Å². The van der Waals surface area contributed by atoms with E-state index < -0.39 is 11.9 Å². The highest BCUT2D eigenvalue weighted by Gasteiger charge is 2.33. The molecule has 5 heteroatoms. The molecule has 2 rings (SSSR count). The highest BCUT2D eigenvalue weighted by molar-refractivity contribution is 5.82. The first-order valence-electron chi connectivity index (χ1n) is 6.83. The highest BCUT2D eigenvalue weighted by atomic mass is 16.5. The lowest BCUT2D eigenvalue weighted by Crippen LogP contribution is -2.46. The predicted octanol–water partition coefficient (Wildman–Crippen LogP) is 1.32. The molecule has 1 amide bonds. The zero-order valence-electron chi connectivity index (χ0n) is 10.6. The van der Waals surface area contributed by atoms with Gasteiger partial charge in [0.1, 0.15) is 6.10 Å². The molecule has 1 heterocycles. The maximum Gasteiger partial charge on any atom is 0.308 e. The van der Waals surface area contributed by atoms with E-state index in [2.05, 4.69) is 5.32 Å². The lowest BCUT2D eigenvalue weighted by atomic mass is 9.94. The molecule has 0 spiro atoms. The molecule has 102 valence electrons. The highest BCUT2D eigenvalue weighted by Crippen LogP contribution is 2.24. The molecular weight excluding hydrogens is 234 g/mol. The molecule has 5 nitrogen and oxygen atoms in total. The maximum atomic E-state index is 12.0. The van der Waals surface area contributed by atoms with Crippen LogP contribution in [0.1, 0.15) is 44.9 Å². The van der Waals surface area contributed by atoms with Crippen LogP contribution in [0.4, 0.5) is 0 Å². The van der Waals surface area contributed by atoms with Crippen molar-refractivity contribution in [2.45, 2.75) is 57.1 Å². The molecule has 3 atom stereocenters. The summed E-state index contributed by atoms with van der Waals surface area (Å²) in [7, 11) is 0. The fraction of sp³-hybridized carbons (Fsp3) is 0.846. The van der Waals surface area contributed by atoms with E-state index in [0.717, 1.165) is 38.5 Å². The van der Waals surface area contributed by atoms with Crippen molar-refractivity contribution in [2.24, 2.45) is 5.92 Å². The Balaban J connectivity index is 1.95. The number of amides is 1. The minimum atomic E-state index is -0.797. The Labute approximate surface area is 107 Å². The molecule has 2 aliphatic rings. The van der Waals surface area contributed by atoms with Gasteiger partial charge in [0.15, 0.2) is 0 Å². The minimum absolute atomic E-state index is 0.134. The van der Waals surface area contributed by atoms with Crippen LogP contribution in [-0.2, 0) is 14.3 Å². The number of hydrogen-bond donors (Lipinski definition) is 2. The Hall–Kier alpha value is -1.10. The second-order valence-corrected chi connectivity index (χ2v) is 5.20. The quantitative estimate of drug-likeness (QED) is 0.746. The molecule has 0 aromatic heterocycles. The van der Waals surface area contributed by atoms with Gasteiger partial charge in [0, 0.05) is 12.6 Å². The number of nitrogens with one attached hydrogen (secondary N) is 1. The van der Waals surface area contributed by atoms with Crippen LogP contribution in [0, 0.1) is 5.92 Å². The summed E-state index contributed by atoms with van der Waals surface area (Å²) in [5.41, 5.74) is 0. The molecule has 0 radical (unpaired) electrons. The average Bonchev–Trinajstić information content (AvgIpc) is 2.77. The van der Waals surface area contributed by atoms with E-state index >= 15 is 0 Å². The van der Waals surface area contributed by atoms with Gasteiger partial charge in [0.05, 0.1) is 5.92 Å². The summed E-state index contributed by atoms with van der Waals surface area (Å²) in [4.78, 5) is 23.2. The van der Waals surface area contributed by atoms with Gasteiger partial charge in [-0.2, -0.15) is 0 Å². The van der Waals surface area contributed by atoms with Crippen molar-refractivity contribution >= 4 is 11.9 Å². The van der Waals surface area contributed by atoms with Crippen LogP contribution in [0.15, 0.2) is 0 Å². The van der Waals surface area contributed by atoms with Crippen molar-refractivity contribution in [3.05, 3.63) is 0 Å². The molecule has 1 aliphatic carbocycles. The molecule has 2 N–H and O–H groups in total. The van der Waals surface area contributed by atoms with E-state index in [1.165, 1.54) is 0 Å². The maximum absolute atomic E-state index is 12.0. The Kier molecular flexibility index (Phi) is 4.58. The molecule has 0 aromatic rings. The number of carboxylic acid groups (broad SMARTS) is 1. The third kappa shape index (κ3) is 3.22. The van der Waals surface area contributed by atoms with Gasteiger partial charge in [-0.25, -0.2) is 0 Å². The summed E-state index contributed by atoms with van der Waals surface area (Å²) in [6.45, 7) is 0.630. The van der Waals surface area contributed by atoms with Gasteiger partial charge in [-0.05, 0) is 25.7 Å². The third-order valence-electron chi connectivity index (χ3n) is 3.88. The fourth-order valence-corrected chi connectivity index (χ4v) is 2.84. The average molecular weight is 255 g/mol. The second-order valence-electron chi connectivity index (χ2n) is 5.20. The van der Waals surface area contributed by atoms with E-state index in [1.807, 2.05) is 0 Å². The van der Waals surface area contributed by atoms with Crippen LogP contribution in [-0.4, -0.2) is 35.7 Å². The zero-order valence-corrected chi connectivity index (χ0v) is 10.6. The largest absolute Gasteiger partial charge is 0.481 e. The van der Waals surface area contributed by atoms with Crippen LogP contribution in [0.3, 0.4) is 0 Å². The van der Waals surface area contributed by atoms with Gasteiger partial charge in [-0.1, -0.05) is 19.3 Å². The van der Waals surface area contributed by atoms with Gasteiger partial charge < -0.3 is 15.2 Å². The van der Waals surface area contributed by atoms with Crippen molar-refractivity contribution in [1.29, 1.82) is 0 Å². The van der Waals surface area contributed by atoms with Crippen LogP contribution >= 0.6 is 0 Å². The van der Waals surface area contributed by atoms with Crippen LogP contribution in [0.5, 0.6) is 0 Å². The lowest BCUT2D eigenvalue weighted by Gasteiger charge is -2.24. The van der Waals surface area contributed by atoms with Crippen molar-refractivity contribution in [1.82, 2.24) is 5.32 Å². The van der Waals surface area contributed by atoms with Gasteiger partial charge in [-0.15, -0.1) is 0 Å². The predicted molar refractivity (Wildman–Crippen MR) is 65.1 cm³/mol. The van der Waals surface area contributed by atoms with E-state index in [0.29, 0.717) is 13.0 Å². The molecule has 0 bridgehead atoms. The van der Waals surface area contributed by atoms with Gasteiger partial charge in [0.25, 0.3) is 0 Å². The van der Waals surface area contributed by atoms with Gasteiger partial charge in [0.2, 0.25) is 5.91 Å². The fourth-order valence-electron chi connectivity index (χ4n) is 2.84. The molecule has 1 saturated carbocycles. The number of rotatable bonds is 3. The monoisotopic (exact) mass is 255 g/mol. The zero-order chi connectivity index (χ0) is 13.0. The summed E-state index contributed by atoms with van der Waals surface area (Å²) in [6, 6.07) is -0.235. The van der Waals surface area contributed by atoms with Crippen molar-refractivity contribution in [3.63, 3.8) is 0 Å². The molecule has 0 aromatic carbocycles. The van der Waals surface area contributed by atoms with Crippen LogP contribution in [0.25, 0.3) is 0 Å². The number of carbonyl (C=O) groups is 2. The molecular formula is C13H21NO4. The third-order valence-corrected chi connectivity index (χ3v) is 3.88. The summed E-state index contributed by atoms with van der Waals surface area (Å²) < 4.78 is 5.32. The van der Waals surface area contributed by atoms with Gasteiger partial charge in [-0.3, -0.25) is 9.59 Å². The number of hydrogen-bond acceptors (Lipinski definition) is 3. The summed E-state index contributed by atoms with van der Waals surface area (Å²) in [5.74, 6) is -1.38. The number of carbonyl (C=O) groups excluding carboxylic acids is 1. The Morgan fingerprint density at radius 1 is 1.06 bits per heavy atom. The lowest BCUT2D eigenvalue weighted by molar-refractivity contribution is -0.143. The van der Waals surface area contributed by atoms with E-state index in [9.17, 15) is 14.7 Å². The molecule has 18 heavy (non-hydrogen) atoms. The minimum Gasteiger partial charge on any atom is -0.481 e. The Morgan fingerprint density at radius 3 is 2.50 bits per heavy atom. The van der Waals surface area contributed by atoms with E-state index in [1.54, 1.807) is 0 Å². The topological polar surface area (TPSA) is 75.6 Å². The first-order valence-corrected chi connectivity index (χ1v) is 6.83. The first kappa shape index (κ1) is 13.3. The van der Waals surface area contributed by atoms with Crippen molar-refractivity contribution in [2.75, 3.05) is 6.61 Å². The normalized spacial score (nSPS) is 32.8. The van der Waals surface area contributed by atoms with Crippen LogP contribution < -0.4 is 5.32 Å². The first-order chi connectivity index (χ1) is 8.68. The Morgan fingerprint density at radius 2 is 1.83 bits per heavy atom. The Bertz CT molecular complexity index is 312. The molecule has 2 fully saturated rings. The number of aliphatic carboxylic acids is 1. The SMILES string of the molecule is O=C(N[C@@H]1CCCCC[C@H]1C(=O)O)[C@@H]1CCCO1. The number of carboxylic acids is 1. The summed E-state index contributed by atoms with van der Waals surface area (Å²) in [5, 5.41) is 12.1. The van der Waals surface area contributed by atoms with E-state index in [-0.39, 0.29) is 18.1 Å².